The normalized spacial score (nSPS) is 20.1. The van der Waals surface area contributed by atoms with E-state index in [4.69, 9.17) is 21.4 Å². The molecule has 0 bridgehead atoms. The van der Waals surface area contributed by atoms with Gasteiger partial charge in [0.15, 0.2) is 0 Å². The Labute approximate surface area is 127 Å². The highest BCUT2D eigenvalue weighted by atomic mass is 35.5. The van der Waals surface area contributed by atoms with Crippen LogP contribution >= 0.6 is 11.6 Å². The smallest absolute Gasteiger partial charge is 0.345 e. The van der Waals surface area contributed by atoms with E-state index >= 15 is 0 Å². The molecule has 1 aliphatic heterocycles. The van der Waals surface area contributed by atoms with E-state index in [-0.39, 0.29) is 5.92 Å². The Hall–Kier alpha value is -2.01. The van der Waals surface area contributed by atoms with E-state index in [1.165, 1.54) is 0 Å². The lowest BCUT2D eigenvalue weighted by Crippen LogP contribution is -2.28. The van der Waals surface area contributed by atoms with Crippen molar-refractivity contribution in [2.24, 2.45) is 0 Å². The molecule has 1 aromatic heterocycles. The van der Waals surface area contributed by atoms with Crippen LogP contribution in [0.4, 0.5) is 0 Å². The van der Waals surface area contributed by atoms with Crippen molar-refractivity contribution in [1.29, 1.82) is 0 Å². The van der Waals surface area contributed by atoms with Gasteiger partial charge in [-0.25, -0.2) is 4.79 Å². The fourth-order valence-electron chi connectivity index (χ4n) is 2.74. The Balaban J connectivity index is 1.90. The number of aromatic nitrogens is 2. The van der Waals surface area contributed by atoms with Gasteiger partial charge in [0.1, 0.15) is 0 Å². The van der Waals surface area contributed by atoms with E-state index in [2.05, 4.69) is 5.10 Å². The van der Waals surface area contributed by atoms with Crippen LogP contribution in [0.15, 0.2) is 24.3 Å². The molecule has 3 rings (SSSR count). The van der Waals surface area contributed by atoms with Crippen LogP contribution in [0.3, 0.4) is 0 Å². The first-order valence-corrected chi connectivity index (χ1v) is 7.06. The lowest BCUT2D eigenvalue weighted by molar-refractivity contribution is -0.145. The molecule has 1 N–H and O–H groups in total. The molecule has 0 amide bonds. The van der Waals surface area contributed by atoms with Crippen LogP contribution in [0, 0.1) is 6.92 Å². The summed E-state index contributed by atoms with van der Waals surface area (Å²) in [5.74, 6) is -0.735. The number of ether oxygens (including phenoxy) is 1. The molecule has 2 unspecified atom stereocenters. The maximum Gasteiger partial charge on any atom is 0.345 e. The molecular weight excluding hydrogens is 292 g/mol. The quantitative estimate of drug-likeness (QED) is 0.947. The number of carboxylic acid groups (broad SMARTS) is 1. The Kier molecular flexibility index (Phi) is 3.37. The lowest BCUT2D eigenvalue weighted by Gasteiger charge is -2.12. The van der Waals surface area contributed by atoms with Gasteiger partial charge < -0.3 is 9.84 Å². The number of halogens is 1. The minimum atomic E-state index is -0.957. The van der Waals surface area contributed by atoms with Crippen molar-refractivity contribution in [3.63, 3.8) is 0 Å². The van der Waals surface area contributed by atoms with Crippen LogP contribution in [0.5, 0.6) is 5.88 Å². The van der Waals surface area contributed by atoms with Crippen molar-refractivity contribution in [1.82, 2.24) is 9.78 Å². The molecule has 6 heteroatoms. The summed E-state index contributed by atoms with van der Waals surface area (Å²) < 4.78 is 7.27. The van der Waals surface area contributed by atoms with Gasteiger partial charge in [-0.1, -0.05) is 30.7 Å². The van der Waals surface area contributed by atoms with Crippen LogP contribution in [-0.2, 0) is 11.3 Å². The SMILES string of the molecule is Cc1c2c(nn1Cc1cccc(Cl)c1)OC(C(=O)O)C2C. The van der Waals surface area contributed by atoms with E-state index in [0.717, 1.165) is 16.8 Å². The number of nitrogens with zero attached hydrogens (tertiary/aromatic N) is 2. The molecule has 0 fully saturated rings. The Bertz CT molecular complexity index is 711. The van der Waals surface area contributed by atoms with Gasteiger partial charge in [-0.3, -0.25) is 4.68 Å². The number of hydrogen-bond acceptors (Lipinski definition) is 3. The first-order valence-electron chi connectivity index (χ1n) is 6.68. The third-order valence-corrected chi connectivity index (χ3v) is 4.07. The van der Waals surface area contributed by atoms with Gasteiger partial charge in [0.05, 0.1) is 6.54 Å². The number of rotatable bonds is 3. The second-order valence-electron chi connectivity index (χ2n) is 5.26. The number of benzene rings is 1. The van der Waals surface area contributed by atoms with Gasteiger partial charge >= 0.3 is 5.97 Å². The van der Waals surface area contributed by atoms with Crippen LogP contribution in [0.2, 0.25) is 5.02 Å². The Morgan fingerprint density at radius 2 is 2.29 bits per heavy atom. The lowest BCUT2D eigenvalue weighted by atomic mass is 9.98. The zero-order valence-electron chi connectivity index (χ0n) is 11.7. The average Bonchev–Trinajstić information content (AvgIpc) is 2.89. The van der Waals surface area contributed by atoms with Crippen molar-refractivity contribution in [2.75, 3.05) is 0 Å². The minimum absolute atomic E-state index is 0.203. The highest BCUT2D eigenvalue weighted by molar-refractivity contribution is 6.30. The molecule has 2 atom stereocenters. The molecule has 0 aliphatic carbocycles. The zero-order chi connectivity index (χ0) is 15.1. The maximum atomic E-state index is 11.1. The van der Waals surface area contributed by atoms with E-state index < -0.39 is 12.1 Å². The fraction of sp³-hybridized carbons (Fsp3) is 0.333. The molecule has 5 nitrogen and oxygen atoms in total. The van der Waals surface area contributed by atoms with Crippen molar-refractivity contribution in [3.05, 3.63) is 46.1 Å². The molecular formula is C15H15ClN2O3. The molecule has 1 aliphatic rings. The van der Waals surface area contributed by atoms with Crippen molar-refractivity contribution in [3.8, 4) is 5.88 Å². The van der Waals surface area contributed by atoms with Gasteiger partial charge in [0.2, 0.25) is 12.0 Å². The van der Waals surface area contributed by atoms with Gasteiger partial charge in [-0.15, -0.1) is 5.10 Å². The van der Waals surface area contributed by atoms with Crippen molar-refractivity contribution in [2.45, 2.75) is 32.4 Å². The molecule has 0 saturated heterocycles. The standard InChI is InChI=1S/C15H15ClN2O3/c1-8-12-9(2)18(7-10-4-3-5-11(16)6-10)17-14(12)21-13(8)15(19)20/h3-6,8,13H,7H2,1-2H3,(H,19,20). The second kappa shape index (κ2) is 5.07. The number of hydrogen-bond donors (Lipinski definition) is 1. The first-order chi connectivity index (χ1) is 9.97. The number of carbonyl (C=O) groups is 1. The average molecular weight is 307 g/mol. The highest BCUT2D eigenvalue weighted by Gasteiger charge is 2.40. The van der Waals surface area contributed by atoms with Crippen molar-refractivity contribution >= 4 is 17.6 Å². The maximum absolute atomic E-state index is 11.1. The molecule has 0 saturated carbocycles. The fourth-order valence-corrected chi connectivity index (χ4v) is 2.96. The minimum Gasteiger partial charge on any atom is -0.478 e. The number of aliphatic carboxylic acids is 1. The monoisotopic (exact) mass is 306 g/mol. The summed E-state index contributed by atoms with van der Waals surface area (Å²) in [6.07, 6.45) is -0.845. The Morgan fingerprint density at radius 1 is 1.52 bits per heavy atom. The summed E-state index contributed by atoms with van der Waals surface area (Å²) in [6.45, 7) is 4.36. The second-order valence-corrected chi connectivity index (χ2v) is 5.69. The summed E-state index contributed by atoms with van der Waals surface area (Å²) in [4.78, 5) is 11.1. The summed E-state index contributed by atoms with van der Waals surface area (Å²) in [5.41, 5.74) is 2.85. The molecule has 2 heterocycles. The van der Waals surface area contributed by atoms with Crippen LogP contribution < -0.4 is 4.74 Å². The molecule has 0 spiro atoms. The van der Waals surface area contributed by atoms with Crippen LogP contribution in [0.25, 0.3) is 0 Å². The molecule has 21 heavy (non-hydrogen) atoms. The molecule has 0 radical (unpaired) electrons. The number of fused-ring (bicyclic) bond motifs is 1. The van der Waals surface area contributed by atoms with Gasteiger partial charge in [-0.05, 0) is 24.6 Å². The third kappa shape index (κ3) is 2.38. The summed E-state index contributed by atoms with van der Waals surface area (Å²) >= 11 is 5.98. The van der Waals surface area contributed by atoms with E-state index in [1.807, 2.05) is 42.8 Å². The van der Waals surface area contributed by atoms with E-state index in [1.54, 1.807) is 0 Å². The predicted octanol–water partition coefficient (Wildman–Crippen LogP) is 2.84. The van der Waals surface area contributed by atoms with Crippen molar-refractivity contribution < 1.29 is 14.6 Å². The molecule has 1 aromatic carbocycles. The van der Waals surface area contributed by atoms with Gasteiger partial charge in [0, 0.05) is 22.2 Å². The first kappa shape index (κ1) is 13.9. The van der Waals surface area contributed by atoms with E-state index in [9.17, 15) is 4.79 Å². The predicted molar refractivity (Wildman–Crippen MR) is 78.0 cm³/mol. The largest absolute Gasteiger partial charge is 0.478 e. The van der Waals surface area contributed by atoms with Gasteiger partial charge in [0.25, 0.3) is 0 Å². The summed E-state index contributed by atoms with van der Waals surface area (Å²) in [5, 5.41) is 14.2. The van der Waals surface area contributed by atoms with Crippen LogP contribution in [-0.4, -0.2) is 27.0 Å². The molecule has 2 aromatic rings. The zero-order valence-corrected chi connectivity index (χ0v) is 12.5. The highest BCUT2D eigenvalue weighted by Crippen LogP contribution is 2.39. The Morgan fingerprint density at radius 3 is 2.90 bits per heavy atom. The van der Waals surface area contributed by atoms with E-state index in [0.29, 0.717) is 17.4 Å². The van der Waals surface area contributed by atoms with Crippen LogP contribution in [0.1, 0.15) is 29.7 Å². The summed E-state index contributed by atoms with van der Waals surface area (Å²) in [6, 6.07) is 7.58. The summed E-state index contributed by atoms with van der Waals surface area (Å²) in [7, 11) is 0. The molecule has 110 valence electrons. The number of carboxylic acids is 1. The third-order valence-electron chi connectivity index (χ3n) is 3.83. The van der Waals surface area contributed by atoms with Gasteiger partial charge in [-0.2, -0.15) is 0 Å². The topological polar surface area (TPSA) is 64.4 Å².